The van der Waals surface area contributed by atoms with Gasteiger partial charge in [-0.3, -0.25) is 9.80 Å². The van der Waals surface area contributed by atoms with E-state index in [1.54, 1.807) is 77.0 Å². The van der Waals surface area contributed by atoms with Crippen LogP contribution in [0.25, 0.3) is 0 Å². The molecule has 302 valence electrons. The Morgan fingerprint density at radius 3 is 0.889 bits per heavy atom. The van der Waals surface area contributed by atoms with E-state index in [2.05, 4.69) is 9.80 Å². The van der Waals surface area contributed by atoms with Crippen molar-refractivity contribution in [2.45, 2.75) is 242 Å². The van der Waals surface area contributed by atoms with Gasteiger partial charge in [0, 0.05) is 36.3 Å². The second-order valence-electron chi connectivity index (χ2n) is 23.8. The number of fused-ring (bicyclic) bond motifs is 6. The van der Waals surface area contributed by atoms with E-state index in [0.29, 0.717) is 0 Å². The maximum Gasteiger partial charge on any atom is 0.0104 e. The van der Waals surface area contributed by atoms with Crippen LogP contribution in [0.1, 0.15) is 205 Å². The lowest BCUT2D eigenvalue weighted by molar-refractivity contribution is -0.137. The van der Waals surface area contributed by atoms with Crippen LogP contribution in [-0.2, 0) is 0 Å². The first kappa shape index (κ1) is 35.8. The molecule has 0 saturated heterocycles. The summed E-state index contributed by atoms with van der Waals surface area (Å²) < 4.78 is 0. The van der Waals surface area contributed by atoms with Gasteiger partial charge in [0.05, 0.1) is 0 Å². The lowest BCUT2D eigenvalue weighted by atomic mass is 9.43. The molecule has 0 aromatic carbocycles. The minimum absolute atomic E-state index is 0.945. The van der Waals surface area contributed by atoms with Crippen LogP contribution in [0, 0.1) is 82.9 Å². The van der Waals surface area contributed by atoms with E-state index in [0.717, 1.165) is 95.4 Å². The van der Waals surface area contributed by atoms with Crippen molar-refractivity contribution < 1.29 is 0 Å². The molecule has 12 aliphatic rings. The fraction of sp³-hybridized carbons (Fsp3) is 1.00. The molecule has 12 aliphatic carbocycles. The Kier molecular flexibility index (Phi) is 9.87. The zero-order chi connectivity index (χ0) is 35.3. The molecule has 0 aromatic heterocycles. The summed E-state index contributed by atoms with van der Waals surface area (Å²) in [5, 5.41) is 0. The summed E-state index contributed by atoms with van der Waals surface area (Å²) in [6.07, 6.45) is 50.3. The third-order valence-corrected chi connectivity index (χ3v) is 22.2. The van der Waals surface area contributed by atoms with Crippen molar-refractivity contribution in [2.24, 2.45) is 82.9 Å². The van der Waals surface area contributed by atoms with Crippen molar-refractivity contribution in [1.82, 2.24) is 9.80 Å². The summed E-state index contributed by atoms with van der Waals surface area (Å²) in [5.74, 6) is 16.0. The van der Waals surface area contributed by atoms with Gasteiger partial charge in [0.1, 0.15) is 0 Å². The standard InChI is InChI=1S/C52H84N2/c1-5-13-35(14-6-1)53(36-15-7-2-8-16-36)39-23-27-41-43-25-21-34-30-48-46-32-40(54(37-17-9-3-10-18-37)38-19-11-4-12-20-38)24-28-42(46)44-26-22-33-29-47(45(41)31-39)51(43)49(34)50(33)52(44)48/h33-52H,1-32H2. The summed E-state index contributed by atoms with van der Waals surface area (Å²) >= 11 is 0. The summed E-state index contributed by atoms with van der Waals surface area (Å²) in [5.41, 5.74) is 0. The lowest BCUT2D eigenvalue weighted by Gasteiger charge is -2.62. The highest BCUT2D eigenvalue weighted by Gasteiger charge is 2.69. The predicted molar refractivity (Wildman–Crippen MR) is 223 cm³/mol. The average molecular weight is 737 g/mol. The molecule has 16 atom stereocenters. The first-order valence-corrected chi connectivity index (χ1v) is 26.3. The van der Waals surface area contributed by atoms with Gasteiger partial charge in [-0.2, -0.15) is 0 Å². The second-order valence-corrected chi connectivity index (χ2v) is 23.8. The van der Waals surface area contributed by atoms with Crippen molar-refractivity contribution in [3.05, 3.63) is 0 Å². The fourth-order valence-electron chi connectivity index (χ4n) is 20.9. The van der Waals surface area contributed by atoms with Crippen LogP contribution in [0.4, 0.5) is 0 Å². The third kappa shape index (κ3) is 5.83. The zero-order valence-electron chi connectivity index (χ0n) is 35.1. The largest absolute Gasteiger partial charge is 0.294 e. The van der Waals surface area contributed by atoms with Crippen LogP contribution in [0.15, 0.2) is 0 Å². The molecular formula is C52H84N2. The van der Waals surface area contributed by atoms with E-state index in [4.69, 9.17) is 0 Å². The Bertz CT molecular complexity index is 1150. The van der Waals surface area contributed by atoms with E-state index in [-0.39, 0.29) is 0 Å². The van der Waals surface area contributed by atoms with Gasteiger partial charge in [0.25, 0.3) is 0 Å². The SMILES string of the molecule is C1CCC(N(C2CCCCC2)C2CCC3C(C2)C2CC4CCC5C6CCC(N(C7CCCCC7)C7CCCCC7)CC6C6CC7CCC3C2C7C4C56)CC1. The number of nitrogens with zero attached hydrogens (tertiary/aromatic N) is 2. The van der Waals surface area contributed by atoms with Crippen molar-refractivity contribution >= 4 is 0 Å². The van der Waals surface area contributed by atoms with Gasteiger partial charge in [0.2, 0.25) is 0 Å². The van der Waals surface area contributed by atoms with Gasteiger partial charge in [0.15, 0.2) is 0 Å². The smallest absolute Gasteiger partial charge is 0.0104 e. The molecule has 0 radical (unpaired) electrons. The van der Waals surface area contributed by atoms with Crippen molar-refractivity contribution in [3.63, 3.8) is 0 Å². The maximum atomic E-state index is 3.33. The van der Waals surface area contributed by atoms with Crippen LogP contribution in [0.5, 0.6) is 0 Å². The van der Waals surface area contributed by atoms with Crippen LogP contribution in [0.3, 0.4) is 0 Å². The minimum atomic E-state index is 0.945. The second kappa shape index (κ2) is 14.9. The Balaban J connectivity index is 0.801. The Labute approximate surface area is 333 Å². The molecule has 12 saturated carbocycles. The van der Waals surface area contributed by atoms with Gasteiger partial charge in [-0.15, -0.1) is 0 Å². The van der Waals surface area contributed by atoms with Crippen LogP contribution in [-0.4, -0.2) is 46.1 Å². The van der Waals surface area contributed by atoms with E-state index in [1.807, 2.05) is 0 Å². The summed E-state index contributed by atoms with van der Waals surface area (Å²) in [4.78, 5) is 6.66. The lowest BCUT2D eigenvalue weighted by Crippen LogP contribution is -2.56. The molecule has 0 amide bonds. The summed E-state index contributed by atoms with van der Waals surface area (Å²) in [6.45, 7) is 0. The zero-order valence-corrected chi connectivity index (χ0v) is 35.1. The maximum absolute atomic E-state index is 3.33. The molecule has 12 rings (SSSR count). The average Bonchev–Trinajstić information content (AvgIpc) is 3.73. The van der Waals surface area contributed by atoms with E-state index < -0.39 is 0 Å². The molecule has 2 heteroatoms. The van der Waals surface area contributed by atoms with Crippen molar-refractivity contribution in [3.8, 4) is 0 Å². The Hall–Kier alpha value is -0.0800. The highest BCUT2D eigenvalue weighted by molar-refractivity contribution is 5.18. The molecule has 16 unspecified atom stereocenters. The molecule has 0 bridgehead atoms. The molecule has 0 aliphatic heterocycles. The molecule has 0 heterocycles. The van der Waals surface area contributed by atoms with Crippen LogP contribution >= 0.6 is 0 Å². The van der Waals surface area contributed by atoms with E-state index in [9.17, 15) is 0 Å². The van der Waals surface area contributed by atoms with Gasteiger partial charge in [-0.25, -0.2) is 0 Å². The Morgan fingerprint density at radius 1 is 0.204 bits per heavy atom. The fourth-order valence-corrected chi connectivity index (χ4v) is 20.9. The molecule has 12 fully saturated rings. The number of hydrogen-bond acceptors (Lipinski definition) is 2. The topological polar surface area (TPSA) is 6.48 Å². The van der Waals surface area contributed by atoms with E-state index >= 15 is 0 Å². The van der Waals surface area contributed by atoms with Crippen LogP contribution in [0.2, 0.25) is 0 Å². The van der Waals surface area contributed by atoms with Crippen molar-refractivity contribution in [1.29, 1.82) is 0 Å². The highest BCUT2D eigenvalue weighted by Crippen LogP contribution is 2.75. The molecule has 0 spiro atoms. The van der Waals surface area contributed by atoms with Crippen molar-refractivity contribution in [2.75, 3.05) is 0 Å². The Morgan fingerprint density at radius 2 is 0.537 bits per heavy atom. The molecular weight excluding hydrogens is 653 g/mol. The number of rotatable bonds is 6. The molecule has 54 heavy (non-hydrogen) atoms. The third-order valence-electron chi connectivity index (χ3n) is 22.2. The first-order valence-electron chi connectivity index (χ1n) is 26.3. The van der Waals surface area contributed by atoms with Gasteiger partial charge in [-0.05, 0) is 211 Å². The predicted octanol–water partition coefficient (Wildman–Crippen LogP) is 13.1. The first-order chi connectivity index (χ1) is 26.8. The van der Waals surface area contributed by atoms with Gasteiger partial charge in [-0.1, -0.05) is 77.0 Å². The molecule has 2 nitrogen and oxygen atoms in total. The molecule has 0 aromatic rings. The highest BCUT2D eigenvalue weighted by atomic mass is 15.2. The van der Waals surface area contributed by atoms with E-state index in [1.165, 1.54) is 152 Å². The quantitative estimate of drug-likeness (QED) is 0.268. The summed E-state index contributed by atoms with van der Waals surface area (Å²) in [6, 6.07) is 5.68. The molecule has 0 N–H and O–H groups in total. The van der Waals surface area contributed by atoms with Gasteiger partial charge >= 0.3 is 0 Å². The van der Waals surface area contributed by atoms with Gasteiger partial charge < -0.3 is 0 Å². The number of hydrogen-bond donors (Lipinski definition) is 0. The minimum Gasteiger partial charge on any atom is -0.294 e. The summed E-state index contributed by atoms with van der Waals surface area (Å²) in [7, 11) is 0. The normalized spacial score (nSPS) is 51.2. The van der Waals surface area contributed by atoms with Crippen LogP contribution < -0.4 is 0 Å². The monoisotopic (exact) mass is 737 g/mol.